The molecule has 0 aromatic carbocycles. The third-order valence-electron chi connectivity index (χ3n) is 3.09. The Hall–Kier alpha value is -1.62. The molecule has 1 aliphatic rings. The zero-order valence-corrected chi connectivity index (χ0v) is 9.89. The summed E-state index contributed by atoms with van der Waals surface area (Å²) in [5.74, 6) is 0.929. The van der Waals surface area contributed by atoms with Gasteiger partial charge in [-0.2, -0.15) is 0 Å². The Balaban J connectivity index is 2.09. The second kappa shape index (κ2) is 5.14. The summed E-state index contributed by atoms with van der Waals surface area (Å²) in [7, 11) is 1.77. The standard InChI is InChI=1S/C12H17N3O2/c1-13-11-6-10(2-4-14-11)12(17)15-5-3-9(7-15)8-16/h2,4,6,9,16H,3,5,7-8H2,1H3,(H,13,14). The maximum atomic E-state index is 12.2. The van der Waals surface area contributed by atoms with E-state index < -0.39 is 0 Å². The number of nitrogens with zero attached hydrogens (tertiary/aromatic N) is 2. The van der Waals surface area contributed by atoms with E-state index in [9.17, 15) is 4.79 Å². The Kier molecular flexibility index (Phi) is 3.58. The quantitative estimate of drug-likeness (QED) is 0.804. The van der Waals surface area contributed by atoms with Crippen LogP contribution in [0.3, 0.4) is 0 Å². The van der Waals surface area contributed by atoms with Gasteiger partial charge in [0.25, 0.3) is 5.91 Å². The third-order valence-corrected chi connectivity index (χ3v) is 3.09. The summed E-state index contributed by atoms with van der Waals surface area (Å²) in [4.78, 5) is 18.0. The molecule has 0 spiro atoms. The number of aliphatic hydroxyl groups excluding tert-OH is 1. The van der Waals surface area contributed by atoms with Crippen LogP contribution in [0.25, 0.3) is 0 Å². The number of hydrogen-bond donors (Lipinski definition) is 2. The lowest BCUT2D eigenvalue weighted by Gasteiger charge is -2.16. The smallest absolute Gasteiger partial charge is 0.254 e. The number of aromatic nitrogens is 1. The fourth-order valence-electron chi connectivity index (χ4n) is 2.05. The number of carbonyl (C=O) groups is 1. The van der Waals surface area contributed by atoms with E-state index in [2.05, 4.69) is 10.3 Å². The predicted molar refractivity (Wildman–Crippen MR) is 64.9 cm³/mol. The van der Waals surface area contributed by atoms with Gasteiger partial charge in [0.1, 0.15) is 5.82 Å². The molecule has 2 heterocycles. The van der Waals surface area contributed by atoms with Crippen LogP contribution in [0.2, 0.25) is 0 Å². The lowest BCUT2D eigenvalue weighted by atomic mass is 10.1. The Morgan fingerprint density at radius 1 is 1.71 bits per heavy atom. The number of nitrogens with one attached hydrogen (secondary N) is 1. The molecule has 1 amide bonds. The monoisotopic (exact) mass is 235 g/mol. The number of hydrogen-bond acceptors (Lipinski definition) is 4. The number of likely N-dealkylation sites (tertiary alicyclic amines) is 1. The first kappa shape index (κ1) is 11.9. The molecule has 92 valence electrons. The summed E-state index contributed by atoms with van der Waals surface area (Å²) in [5, 5.41) is 12.0. The summed E-state index contributed by atoms with van der Waals surface area (Å²) in [6.45, 7) is 1.52. The molecule has 1 saturated heterocycles. The molecule has 1 unspecified atom stereocenters. The number of aliphatic hydroxyl groups is 1. The van der Waals surface area contributed by atoms with Crippen LogP contribution < -0.4 is 5.32 Å². The average molecular weight is 235 g/mol. The van der Waals surface area contributed by atoms with Gasteiger partial charge in [-0.3, -0.25) is 4.79 Å². The van der Waals surface area contributed by atoms with Crippen LogP contribution in [-0.2, 0) is 0 Å². The van der Waals surface area contributed by atoms with E-state index in [1.807, 2.05) is 0 Å². The molecule has 1 fully saturated rings. The average Bonchev–Trinajstić information content (AvgIpc) is 2.86. The highest BCUT2D eigenvalue weighted by Gasteiger charge is 2.26. The zero-order chi connectivity index (χ0) is 12.3. The van der Waals surface area contributed by atoms with Gasteiger partial charge in [-0.25, -0.2) is 4.98 Å². The summed E-state index contributed by atoms with van der Waals surface area (Å²) < 4.78 is 0. The van der Waals surface area contributed by atoms with Crippen LogP contribution in [0, 0.1) is 5.92 Å². The van der Waals surface area contributed by atoms with Gasteiger partial charge in [0.2, 0.25) is 0 Å². The van der Waals surface area contributed by atoms with Crippen molar-refractivity contribution in [2.45, 2.75) is 6.42 Å². The highest BCUT2D eigenvalue weighted by molar-refractivity contribution is 5.95. The van der Waals surface area contributed by atoms with Crippen LogP contribution >= 0.6 is 0 Å². The van der Waals surface area contributed by atoms with Crippen molar-refractivity contribution in [2.24, 2.45) is 5.92 Å². The number of rotatable bonds is 3. The van der Waals surface area contributed by atoms with Gasteiger partial charge in [-0.15, -0.1) is 0 Å². The molecular formula is C12H17N3O2. The number of carbonyl (C=O) groups excluding carboxylic acids is 1. The number of pyridine rings is 1. The van der Waals surface area contributed by atoms with E-state index in [1.165, 1.54) is 0 Å². The Bertz CT molecular complexity index is 408. The minimum atomic E-state index is 0.0138. The van der Waals surface area contributed by atoms with E-state index in [0.717, 1.165) is 13.0 Å². The first-order chi connectivity index (χ1) is 8.24. The minimum absolute atomic E-state index is 0.0138. The Morgan fingerprint density at radius 2 is 2.53 bits per heavy atom. The van der Waals surface area contributed by atoms with Gasteiger partial charge < -0.3 is 15.3 Å². The van der Waals surface area contributed by atoms with Crippen LogP contribution in [-0.4, -0.2) is 47.6 Å². The van der Waals surface area contributed by atoms with Gasteiger partial charge in [0.15, 0.2) is 0 Å². The Labute approximate surface area is 100 Å². The molecule has 5 heteroatoms. The Morgan fingerprint density at radius 3 is 3.18 bits per heavy atom. The SMILES string of the molecule is CNc1cc(C(=O)N2CCC(CO)C2)ccn1. The predicted octanol–water partition coefficient (Wildman–Crippen LogP) is 0.578. The highest BCUT2D eigenvalue weighted by atomic mass is 16.3. The van der Waals surface area contributed by atoms with Crippen LogP contribution in [0.15, 0.2) is 18.3 Å². The second-order valence-corrected chi connectivity index (χ2v) is 4.27. The summed E-state index contributed by atoms with van der Waals surface area (Å²) in [5.41, 5.74) is 0.642. The normalized spacial score (nSPS) is 19.4. The van der Waals surface area contributed by atoms with Crippen molar-refractivity contribution in [1.29, 1.82) is 0 Å². The van der Waals surface area contributed by atoms with Gasteiger partial charge in [0.05, 0.1) is 0 Å². The first-order valence-electron chi connectivity index (χ1n) is 5.78. The van der Waals surface area contributed by atoms with E-state index in [-0.39, 0.29) is 18.4 Å². The van der Waals surface area contributed by atoms with Crippen molar-refractivity contribution in [3.05, 3.63) is 23.9 Å². The van der Waals surface area contributed by atoms with Crippen molar-refractivity contribution >= 4 is 11.7 Å². The molecule has 0 saturated carbocycles. The van der Waals surface area contributed by atoms with Crippen molar-refractivity contribution in [3.63, 3.8) is 0 Å². The van der Waals surface area contributed by atoms with Crippen molar-refractivity contribution in [3.8, 4) is 0 Å². The fraction of sp³-hybridized carbons (Fsp3) is 0.500. The maximum Gasteiger partial charge on any atom is 0.254 e. The summed E-state index contributed by atoms with van der Waals surface area (Å²) in [6.07, 6.45) is 2.50. The van der Waals surface area contributed by atoms with Gasteiger partial charge in [-0.1, -0.05) is 0 Å². The van der Waals surface area contributed by atoms with E-state index in [4.69, 9.17) is 5.11 Å². The topological polar surface area (TPSA) is 65.5 Å². The minimum Gasteiger partial charge on any atom is -0.396 e. The molecule has 5 nitrogen and oxygen atoms in total. The first-order valence-corrected chi connectivity index (χ1v) is 5.78. The number of anilines is 1. The molecule has 2 rings (SSSR count). The molecular weight excluding hydrogens is 218 g/mol. The molecule has 1 aromatic heterocycles. The molecule has 17 heavy (non-hydrogen) atoms. The summed E-state index contributed by atoms with van der Waals surface area (Å²) in [6, 6.07) is 3.46. The molecule has 1 aromatic rings. The maximum absolute atomic E-state index is 12.2. The van der Waals surface area contributed by atoms with E-state index >= 15 is 0 Å². The highest BCUT2D eigenvalue weighted by Crippen LogP contribution is 2.18. The molecule has 1 atom stereocenters. The molecule has 0 radical (unpaired) electrons. The van der Waals surface area contributed by atoms with Gasteiger partial charge >= 0.3 is 0 Å². The molecule has 0 aliphatic carbocycles. The lowest BCUT2D eigenvalue weighted by Crippen LogP contribution is -2.29. The lowest BCUT2D eigenvalue weighted by molar-refractivity contribution is 0.0782. The molecule has 2 N–H and O–H groups in total. The molecule has 0 bridgehead atoms. The number of amides is 1. The largest absolute Gasteiger partial charge is 0.396 e. The molecule has 1 aliphatic heterocycles. The van der Waals surface area contributed by atoms with Crippen LogP contribution in [0.4, 0.5) is 5.82 Å². The van der Waals surface area contributed by atoms with Gasteiger partial charge in [0, 0.05) is 44.4 Å². The van der Waals surface area contributed by atoms with Crippen molar-refractivity contribution in [2.75, 3.05) is 32.1 Å². The second-order valence-electron chi connectivity index (χ2n) is 4.27. The van der Waals surface area contributed by atoms with Crippen LogP contribution in [0.5, 0.6) is 0 Å². The van der Waals surface area contributed by atoms with Crippen LogP contribution in [0.1, 0.15) is 16.8 Å². The van der Waals surface area contributed by atoms with Gasteiger partial charge in [-0.05, 0) is 18.6 Å². The zero-order valence-electron chi connectivity index (χ0n) is 9.89. The van der Waals surface area contributed by atoms with Crippen molar-refractivity contribution < 1.29 is 9.90 Å². The third kappa shape index (κ3) is 2.55. The fourth-order valence-corrected chi connectivity index (χ4v) is 2.05. The van der Waals surface area contributed by atoms with E-state index in [0.29, 0.717) is 17.9 Å². The summed E-state index contributed by atoms with van der Waals surface area (Å²) >= 11 is 0. The van der Waals surface area contributed by atoms with E-state index in [1.54, 1.807) is 30.3 Å². The van der Waals surface area contributed by atoms with Crippen molar-refractivity contribution in [1.82, 2.24) is 9.88 Å².